The number of benzene rings is 1. The van der Waals surface area contributed by atoms with Crippen LogP contribution >= 0.6 is 11.6 Å². The fourth-order valence-electron chi connectivity index (χ4n) is 2.87. The smallest absolute Gasteiger partial charge is 0.227 e. The van der Waals surface area contributed by atoms with Crippen molar-refractivity contribution in [1.82, 2.24) is 4.98 Å². The number of hydrogen-bond donors (Lipinski definition) is 2. The number of rotatable bonds is 2. The number of anilines is 1. The Kier molecular flexibility index (Phi) is 4.08. The van der Waals surface area contributed by atoms with Gasteiger partial charge in [0.25, 0.3) is 0 Å². The molecule has 0 spiro atoms. The number of hydrogen-bond acceptors (Lipinski definition) is 3. The van der Waals surface area contributed by atoms with Gasteiger partial charge < -0.3 is 11.1 Å². The van der Waals surface area contributed by atoms with Gasteiger partial charge in [0, 0.05) is 28.6 Å². The lowest BCUT2D eigenvalue weighted by Gasteiger charge is -2.25. The molecule has 3 rings (SSSR count). The maximum atomic E-state index is 12.4. The molecule has 1 amide bonds. The Morgan fingerprint density at radius 2 is 2.05 bits per heavy atom. The molecule has 0 radical (unpaired) electrons. The van der Waals surface area contributed by atoms with Crippen molar-refractivity contribution < 1.29 is 4.79 Å². The first-order valence-electron chi connectivity index (χ1n) is 7.24. The third-order valence-corrected chi connectivity index (χ3v) is 4.29. The predicted octanol–water partition coefficient (Wildman–Crippen LogP) is 3.34. The summed E-state index contributed by atoms with van der Waals surface area (Å²) >= 11 is 6.12. The predicted molar refractivity (Wildman–Crippen MR) is 85.3 cm³/mol. The molecule has 3 N–H and O–H groups in total. The van der Waals surface area contributed by atoms with Gasteiger partial charge in [-0.25, -0.2) is 0 Å². The van der Waals surface area contributed by atoms with Crippen molar-refractivity contribution in [3.63, 3.8) is 0 Å². The Morgan fingerprint density at radius 3 is 2.81 bits per heavy atom. The number of carbonyl (C=O) groups is 1. The van der Waals surface area contributed by atoms with Gasteiger partial charge in [0.15, 0.2) is 0 Å². The SMILES string of the molecule is NC1CCC(C(=O)Nc2cc(Cl)cc3cccnc23)CC1. The van der Waals surface area contributed by atoms with E-state index in [1.807, 2.05) is 18.2 Å². The van der Waals surface area contributed by atoms with E-state index in [1.54, 1.807) is 12.3 Å². The second-order valence-corrected chi connectivity index (χ2v) is 6.07. The number of carbonyl (C=O) groups excluding carboxylic acids is 1. The van der Waals surface area contributed by atoms with Crippen LogP contribution in [0, 0.1) is 5.92 Å². The topological polar surface area (TPSA) is 68.0 Å². The summed E-state index contributed by atoms with van der Waals surface area (Å²) in [5.41, 5.74) is 7.33. The van der Waals surface area contributed by atoms with Crippen LogP contribution in [0.25, 0.3) is 10.9 Å². The molecule has 4 nitrogen and oxygen atoms in total. The molecule has 110 valence electrons. The van der Waals surface area contributed by atoms with Crippen molar-refractivity contribution in [2.45, 2.75) is 31.7 Å². The van der Waals surface area contributed by atoms with Crippen molar-refractivity contribution >= 4 is 34.1 Å². The van der Waals surface area contributed by atoms with Crippen LogP contribution in [0.1, 0.15) is 25.7 Å². The molecular formula is C16H18ClN3O. The molecule has 0 aliphatic heterocycles. The molecule has 5 heteroatoms. The van der Waals surface area contributed by atoms with Gasteiger partial charge in [0.2, 0.25) is 5.91 Å². The summed E-state index contributed by atoms with van der Waals surface area (Å²) < 4.78 is 0. The lowest BCUT2D eigenvalue weighted by Crippen LogP contribution is -2.32. The largest absolute Gasteiger partial charge is 0.328 e. The normalized spacial score (nSPS) is 22.2. The summed E-state index contributed by atoms with van der Waals surface area (Å²) in [6, 6.07) is 7.63. The quantitative estimate of drug-likeness (QED) is 0.894. The van der Waals surface area contributed by atoms with Gasteiger partial charge in [-0.05, 0) is 43.9 Å². The van der Waals surface area contributed by atoms with E-state index < -0.39 is 0 Å². The van der Waals surface area contributed by atoms with Crippen LogP contribution in [0.5, 0.6) is 0 Å². The van der Waals surface area contributed by atoms with Crippen LogP contribution in [-0.2, 0) is 4.79 Å². The van der Waals surface area contributed by atoms with Crippen LogP contribution in [0.4, 0.5) is 5.69 Å². The Balaban J connectivity index is 1.83. The molecule has 1 aromatic heterocycles. The van der Waals surface area contributed by atoms with Crippen molar-refractivity contribution in [3.05, 3.63) is 35.5 Å². The molecule has 1 saturated carbocycles. The van der Waals surface area contributed by atoms with Crippen LogP contribution in [0.3, 0.4) is 0 Å². The summed E-state index contributed by atoms with van der Waals surface area (Å²) in [4.78, 5) is 16.7. The number of pyridine rings is 1. The fourth-order valence-corrected chi connectivity index (χ4v) is 3.09. The number of amides is 1. The third kappa shape index (κ3) is 3.17. The van der Waals surface area contributed by atoms with Gasteiger partial charge in [-0.1, -0.05) is 17.7 Å². The lowest BCUT2D eigenvalue weighted by atomic mass is 9.86. The van der Waals surface area contributed by atoms with E-state index in [1.165, 1.54) is 0 Å². The molecule has 0 bridgehead atoms. The zero-order valence-electron chi connectivity index (χ0n) is 11.7. The van der Waals surface area contributed by atoms with Crippen LogP contribution in [-0.4, -0.2) is 16.9 Å². The zero-order valence-corrected chi connectivity index (χ0v) is 12.4. The summed E-state index contributed by atoms with van der Waals surface area (Å²) in [5.74, 6) is 0.0682. The van der Waals surface area contributed by atoms with Crippen LogP contribution < -0.4 is 11.1 Å². The summed E-state index contributed by atoms with van der Waals surface area (Å²) in [6.45, 7) is 0. The molecule has 2 aromatic rings. The van der Waals surface area contributed by atoms with E-state index in [2.05, 4.69) is 10.3 Å². The van der Waals surface area contributed by atoms with Crippen molar-refractivity contribution in [2.24, 2.45) is 11.7 Å². The average molecular weight is 304 g/mol. The van der Waals surface area contributed by atoms with Gasteiger partial charge in [0.05, 0.1) is 11.2 Å². The first-order valence-corrected chi connectivity index (χ1v) is 7.62. The van der Waals surface area contributed by atoms with E-state index in [9.17, 15) is 4.79 Å². The van der Waals surface area contributed by atoms with Crippen molar-refractivity contribution in [3.8, 4) is 0 Å². The monoisotopic (exact) mass is 303 g/mol. The van der Waals surface area contributed by atoms with Crippen LogP contribution in [0.15, 0.2) is 30.5 Å². The van der Waals surface area contributed by atoms with E-state index in [0.717, 1.165) is 36.6 Å². The average Bonchev–Trinajstić information content (AvgIpc) is 2.47. The molecule has 1 aliphatic rings. The molecule has 1 aliphatic carbocycles. The number of nitrogens with zero attached hydrogens (tertiary/aromatic N) is 1. The highest BCUT2D eigenvalue weighted by atomic mass is 35.5. The maximum absolute atomic E-state index is 12.4. The second kappa shape index (κ2) is 6.00. The summed E-state index contributed by atoms with van der Waals surface area (Å²) in [7, 11) is 0. The Morgan fingerprint density at radius 1 is 1.29 bits per heavy atom. The standard InChI is InChI=1S/C16H18ClN3O/c17-12-8-11-2-1-7-19-15(11)14(9-12)20-16(21)10-3-5-13(18)6-4-10/h1-2,7-10,13H,3-6,18H2,(H,20,21). The maximum Gasteiger partial charge on any atom is 0.227 e. The van der Waals surface area contributed by atoms with Gasteiger partial charge in [-0.3, -0.25) is 9.78 Å². The fraction of sp³-hybridized carbons (Fsp3) is 0.375. The van der Waals surface area contributed by atoms with Gasteiger partial charge in [-0.2, -0.15) is 0 Å². The first kappa shape index (κ1) is 14.3. The summed E-state index contributed by atoms with van der Waals surface area (Å²) in [6.07, 6.45) is 5.22. The highest BCUT2D eigenvalue weighted by molar-refractivity contribution is 6.32. The molecule has 0 atom stereocenters. The Hall–Kier alpha value is -1.65. The van der Waals surface area contributed by atoms with E-state index in [-0.39, 0.29) is 17.9 Å². The van der Waals surface area contributed by atoms with E-state index in [4.69, 9.17) is 17.3 Å². The van der Waals surface area contributed by atoms with E-state index in [0.29, 0.717) is 10.7 Å². The van der Waals surface area contributed by atoms with Crippen LogP contribution in [0.2, 0.25) is 5.02 Å². The zero-order chi connectivity index (χ0) is 14.8. The van der Waals surface area contributed by atoms with Gasteiger partial charge in [0.1, 0.15) is 0 Å². The molecule has 1 aromatic carbocycles. The number of aromatic nitrogens is 1. The first-order chi connectivity index (χ1) is 10.1. The number of nitrogens with two attached hydrogens (primary N) is 1. The Labute approximate surface area is 128 Å². The minimum Gasteiger partial charge on any atom is -0.328 e. The van der Waals surface area contributed by atoms with Gasteiger partial charge >= 0.3 is 0 Å². The number of halogens is 1. The molecule has 21 heavy (non-hydrogen) atoms. The molecule has 0 unspecified atom stereocenters. The van der Waals surface area contributed by atoms with E-state index >= 15 is 0 Å². The Bertz CT molecular complexity index is 666. The molecule has 0 saturated heterocycles. The molecule has 1 fully saturated rings. The highest BCUT2D eigenvalue weighted by Crippen LogP contribution is 2.29. The summed E-state index contributed by atoms with van der Waals surface area (Å²) in [5, 5.41) is 4.50. The minimum absolute atomic E-state index is 0.0301. The number of fused-ring (bicyclic) bond motifs is 1. The molecule has 1 heterocycles. The van der Waals surface area contributed by atoms with Crippen molar-refractivity contribution in [2.75, 3.05) is 5.32 Å². The third-order valence-electron chi connectivity index (χ3n) is 4.07. The highest BCUT2D eigenvalue weighted by Gasteiger charge is 2.25. The minimum atomic E-state index is 0.0301. The molecular weight excluding hydrogens is 286 g/mol. The van der Waals surface area contributed by atoms with Gasteiger partial charge in [-0.15, -0.1) is 0 Å². The second-order valence-electron chi connectivity index (χ2n) is 5.63. The van der Waals surface area contributed by atoms with Crippen molar-refractivity contribution in [1.29, 1.82) is 0 Å². The number of nitrogens with one attached hydrogen (secondary N) is 1. The lowest BCUT2D eigenvalue weighted by molar-refractivity contribution is -0.120.